The molecule has 0 unspecified atom stereocenters. The summed E-state index contributed by atoms with van der Waals surface area (Å²) in [6.45, 7) is 6.46. The number of carboxylic acids is 1. The minimum Gasteiger partial charge on any atom is -0.478 e. The van der Waals surface area contributed by atoms with E-state index in [0.717, 1.165) is 23.1 Å². The second kappa shape index (κ2) is 6.06. The van der Waals surface area contributed by atoms with Crippen LogP contribution in [0.3, 0.4) is 0 Å². The van der Waals surface area contributed by atoms with Crippen molar-refractivity contribution in [1.82, 2.24) is 4.90 Å². The maximum absolute atomic E-state index is 10.9. The van der Waals surface area contributed by atoms with Gasteiger partial charge in [-0.2, -0.15) is 0 Å². The molecule has 104 valence electrons. The van der Waals surface area contributed by atoms with Gasteiger partial charge >= 0.3 is 5.97 Å². The fraction of sp³-hybridized carbons (Fsp3) is 0.533. The summed E-state index contributed by atoms with van der Waals surface area (Å²) in [5.74, 6) is -0.230. The molecule has 0 aliphatic heterocycles. The highest BCUT2D eigenvalue weighted by molar-refractivity contribution is 9.10. The summed E-state index contributed by atoms with van der Waals surface area (Å²) in [7, 11) is 0. The van der Waals surface area contributed by atoms with Gasteiger partial charge in [0.2, 0.25) is 0 Å². The van der Waals surface area contributed by atoms with E-state index in [4.69, 9.17) is 5.11 Å². The van der Waals surface area contributed by atoms with Crippen LogP contribution in [-0.4, -0.2) is 28.6 Å². The Hall–Kier alpha value is -0.870. The average molecular weight is 326 g/mol. The number of benzene rings is 1. The van der Waals surface area contributed by atoms with Crippen LogP contribution in [0, 0.1) is 5.92 Å². The smallest absolute Gasteiger partial charge is 0.335 e. The quantitative estimate of drug-likeness (QED) is 0.865. The molecule has 1 aromatic rings. The van der Waals surface area contributed by atoms with Crippen molar-refractivity contribution in [2.45, 2.75) is 39.3 Å². The van der Waals surface area contributed by atoms with Crippen LogP contribution in [0.2, 0.25) is 0 Å². The molecule has 1 fully saturated rings. The molecular formula is C15H20BrNO2. The maximum Gasteiger partial charge on any atom is 0.335 e. The summed E-state index contributed by atoms with van der Waals surface area (Å²) in [6.07, 6.45) is 2.58. The molecule has 4 heteroatoms. The van der Waals surface area contributed by atoms with E-state index in [9.17, 15) is 4.79 Å². The highest BCUT2D eigenvalue weighted by atomic mass is 79.9. The van der Waals surface area contributed by atoms with Crippen molar-refractivity contribution in [3.8, 4) is 0 Å². The molecule has 1 N–H and O–H groups in total. The molecule has 0 heterocycles. The molecule has 0 spiro atoms. The number of hydrogen-bond acceptors (Lipinski definition) is 2. The van der Waals surface area contributed by atoms with Gasteiger partial charge in [0.15, 0.2) is 0 Å². The first-order valence-corrected chi connectivity index (χ1v) is 7.52. The lowest BCUT2D eigenvalue weighted by Crippen LogP contribution is -2.29. The zero-order valence-corrected chi connectivity index (χ0v) is 13.0. The van der Waals surface area contributed by atoms with E-state index in [2.05, 4.69) is 34.7 Å². The monoisotopic (exact) mass is 325 g/mol. The van der Waals surface area contributed by atoms with Crippen LogP contribution in [0.25, 0.3) is 0 Å². The normalized spacial score (nSPS) is 15.2. The summed E-state index contributed by atoms with van der Waals surface area (Å²) < 4.78 is 0.891. The van der Waals surface area contributed by atoms with Crippen LogP contribution >= 0.6 is 15.9 Å². The number of nitrogens with zero attached hydrogens (tertiary/aromatic N) is 1. The summed E-state index contributed by atoms with van der Waals surface area (Å²) in [6, 6.07) is 6.01. The fourth-order valence-electron chi connectivity index (χ4n) is 2.28. The molecule has 0 saturated heterocycles. The number of rotatable bonds is 6. The van der Waals surface area contributed by atoms with Gasteiger partial charge in [0.25, 0.3) is 0 Å². The van der Waals surface area contributed by atoms with Crippen LogP contribution in [0.1, 0.15) is 42.6 Å². The largest absolute Gasteiger partial charge is 0.478 e. The first-order chi connectivity index (χ1) is 8.97. The Morgan fingerprint density at radius 1 is 1.47 bits per heavy atom. The van der Waals surface area contributed by atoms with Crippen LogP contribution in [0.4, 0.5) is 0 Å². The highest BCUT2D eigenvalue weighted by Gasteiger charge is 2.29. The number of carboxylic acid groups (broad SMARTS) is 1. The minimum atomic E-state index is -0.881. The molecule has 1 aliphatic rings. The molecule has 0 aromatic heterocycles. The zero-order valence-electron chi connectivity index (χ0n) is 11.4. The molecule has 0 radical (unpaired) electrons. The van der Waals surface area contributed by atoms with Gasteiger partial charge in [-0.05, 0) is 36.5 Å². The lowest BCUT2D eigenvalue weighted by molar-refractivity contribution is 0.0697. The van der Waals surface area contributed by atoms with Gasteiger partial charge in [-0.1, -0.05) is 35.8 Å². The van der Waals surface area contributed by atoms with Gasteiger partial charge in [-0.25, -0.2) is 4.79 Å². The zero-order chi connectivity index (χ0) is 14.0. The van der Waals surface area contributed by atoms with Crippen LogP contribution in [0.5, 0.6) is 0 Å². The van der Waals surface area contributed by atoms with Crippen molar-refractivity contribution in [3.05, 3.63) is 33.8 Å². The van der Waals surface area contributed by atoms with E-state index in [1.807, 2.05) is 6.07 Å². The Bertz CT molecular complexity index is 469. The molecule has 19 heavy (non-hydrogen) atoms. The molecule has 0 amide bonds. The van der Waals surface area contributed by atoms with Crippen molar-refractivity contribution >= 4 is 21.9 Å². The van der Waals surface area contributed by atoms with Crippen molar-refractivity contribution < 1.29 is 9.90 Å². The van der Waals surface area contributed by atoms with Crippen LogP contribution in [-0.2, 0) is 6.54 Å². The Morgan fingerprint density at radius 2 is 2.16 bits per heavy atom. The Kier molecular flexibility index (Phi) is 4.63. The van der Waals surface area contributed by atoms with Crippen molar-refractivity contribution in [3.63, 3.8) is 0 Å². The van der Waals surface area contributed by atoms with Gasteiger partial charge in [0.1, 0.15) is 0 Å². The van der Waals surface area contributed by atoms with E-state index < -0.39 is 5.97 Å². The Balaban J connectivity index is 2.10. The minimum absolute atomic E-state index is 0.331. The highest BCUT2D eigenvalue weighted by Crippen LogP contribution is 2.30. The van der Waals surface area contributed by atoms with E-state index >= 15 is 0 Å². The molecule has 0 bridgehead atoms. The standard InChI is InChI=1S/C15H20BrNO2/c1-10(2)8-17(13-5-6-13)9-12-4-3-11(15(18)19)7-14(12)16/h3-4,7,10,13H,5-6,8-9H2,1-2H3,(H,18,19). The molecular weight excluding hydrogens is 306 g/mol. The first kappa shape index (κ1) is 14.5. The van der Waals surface area contributed by atoms with Crippen molar-refractivity contribution in [1.29, 1.82) is 0 Å². The van der Waals surface area contributed by atoms with Crippen molar-refractivity contribution in [2.24, 2.45) is 5.92 Å². The fourth-order valence-corrected chi connectivity index (χ4v) is 2.78. The summed E-state index contributed by atoms with van der Waals surface area (Å²) in [5, 5.41) is 8.97. The summed E-state index contributed by atoms with van der Waals surface area (Å²) >= 11 is 3.49. The van der Waals surface area contributed by atoms with Crippen LogP contribution < -0.4 is 0 Å². The first-order valence-electron chi connectivity index (χ1n) is 6.73. The second-order valence-corrected chi connectivity index (χ2v) is 6.52. The summed E-state index contributed by atoms with van der Waals surface area (Å²) in [4.78, 5) is 13.4. The summed E-state index contributed by atoms with van der Waals surface area (Å²) in [5.41, 5.74) is 1.50. The van der Waals surface area contributed by atoms with E-state index in [1.165, 1.54) is 12.8 Å². The maximum atomic E-state index is 10.9. The van der Waals surface area contributed by atoms with Gasteiger partial charge in [0, 0.05) is 23.6 Å². The van der Waals surface area contributed by atoms with E-state index in [-0.39, 0.29) is 0 Å². The molecule has 1 aromatic carbocycles. The number of aromatic carboxylic acids is 1. The third-order valence-corrected chi connectivity index (χ3v) is 4.07. The van der Waals surface area contributed by atoms with Crippen LogP contribution in [0.15, 0.2) is 22.7 Å². The third-order valence-electron chi connectivity index (χ3n) is 3.34. The third kappa shape index (κ3) is 4.05. The topological polar surface area (TPSA) is 40.5 Å². The van der Waals surface area contributed by atoms with Gasteiger partial charge in [-0.15, -0.1) is 0 Å². The Morgan fingerprint density at radius 3 is 2.63 bits per heavy atom. The molecule has 2 rings (SSSR count). The van der Waals surface area contributed by atoms with Gasteiger partial charge in [0.05, 0.1) is 5.56 Å². The number of carbonyl (C=O) groups is 1. The molecule has 0 atom stereocenters. The van der Waals surface area contributed by atoms with E-state index in [0.29, 0.717) is 17.5 Å². The predicted molar refractivity (Wildman–Crippen MR) is 79.4 cm³/mol. The Labute approximate surface area is 122 Å². The van der Waals surface area contributed by atoms with E-state index in [1.54, 1.807) is 12.1 Å². The molecule has 3 nitrogen and oxygen atoms in total. The lowest BCUT2D eigenvalue weighted by Gasteiger charge is -2.24. The molecule has 1 aliphatic carbocycles. The van der Waals surface area contributed by atoms with Gasteiger partial charge in [-0.3, -0.25) is 4.90 Å². The SMILES string of the molecule is CC(C)CN(Cc1ccc(C(=O)O)cc1Br)C1CC1. The average Bonchev–Trinajstić information content (AvgIpc) is 3.13. The molecule has 1 saturated carbocycles. The lowest BCUT2D eigenvalue weighted by atomic mass is 10.1. The van der Waals surface area contributed by atoms with Crippen molar-refractivity contribution in [2.75, 3.05) is 6.54 Å². The number of halogens is 1. The van der Waals surface area contributed by atoms with Gasteiger partial charge < -0.3 is 5.11 Å². The number of hydrogen-bond donors (Lipinski definition) is 1. The second-order valence-electron chi connectivity index (χ2n) is 5.67. The predicted octanol–water partition coefficient (Wildman–Crippen LogP) is 3.77.